The SMILES string of the molecule is CCOC(=O)[C@H]1CCCCN1S(=O)(=O)N1CCN(S(=O)(=O)[C@H]2CCS(=O)(=O)C2)CC1. The molecule has 0 amide bonds. The van der Waals surface area contributed by atoms with Crippen LogP contribution in [0, 0.1) is 0 Å². The highest BCUT2D eigenvalue weighted by molar-refractivity contribution is 7.95. The first-order chi connectivity index (χ1) is 14.0. The number of sulfonamides is 1. The van der Waals surface area contributed by atoms with Gasteiger partial charge in [-0.05, 0) is 32.6 Å². The highest BCUT2D eigenvalue weighted by Gasteiger charge is 2.45. The van der Waals surface area contributed by atoms with E-state index in [2.05, 4.69) is 0 Å². The molecule has 0 spiro atoms. The Balaban J connectivity index is 1.68. The van der Waals surface area contributed by atoms with Gasteiger partial charge in [0.1, 0.15) is 6.04 Å². The van der Waals surface area contributed by atoms with Crippen molar-refractivity contribution in [2.45, 2.75) is 43.9 Å². The molecule has 0 aromatic rings. The molecule has 3 aliphatic heterocycles. The summed E-state index contributed by atoms with van der Waals surface area (Å²) in [7, 11) is -11.1. The Kier molecular flexibility index (Phi) is 7.14. The molecule has 3 aliphatic rings. The Morgan fingerprint density at radius 1 is 0.967 bits per heavy atom. The van der Waals surface area contributed by atoms with Crippen molar-refractivity contribution in [2.75, 3.05) is 50.8 Å². The summed E-state index contributed by atoms with van der Waals surface area (Å²) in [5.41, 5.74) is 0. The lowest BCUT2D eigenvalue weighted by Crippen LogP contribution is -2.58. The number of esters is 1. The van der Waals surface area contributed by atoms with Gasteiger partial charge in [-0.2, -0.15) is 21.3 Å². The summed E-state index contributed by atoms with van der Waals surface area (Å²) in [6.45, 7) is 1.85. The van der Waals surface area contributed by atoms with E-state index in [0.29, 0.717) is 12.8 Å². The maximum atomic E-state index is 13.2. The lowest BCUT2D eigenvalue weighted by atomic mass is 10.1. The number of piperidine rings is 1. The van der Waals surface area contributed by atoms with E-state index in [1.807, 2.05) is 0 Å². The largest absolute Gasteiger partial charge is 0.465 e. The second-order valence-corrected chi connectivity index (χ2v) is 14.1. The highest BCUT2D eigenvalue weighted by Crippen LogP contribution is 2.27. The van der Waals surface area contributed by atoms with Gasteiger partial charge >= 0.3 is 5.97 Å². The minimum absolute atomic E-state index is 0.0456. The van der Waals surface area contributed by atoms with Crippen LogP contribution in [0.15, 0.2) is 0 Å². The van der Waals surface area contributed by atoms with Crippen LogP contribution in [0.2, 0.25) is 0 Å². The molecule has 30 heavy (non-hydrogen) atoms. The molecule has 3 saturated heterocycles. The van der Waals surface area contributed by atoms with Crippen LogP contribution in [0.1, 0.15) is 32.6 Å². The molecule has 2 atom stereocenters. The average Bonchev–Trinajstić information content (AvgIpc) is 3.09. The molecule has 0 unspecified atom stereocenters. The van der Waals surface area contributed by atoms with Crippen molar-refractivity contribution in [1.29, 1.82) is 0 Å². The van der Waals surface area contributed by atoms with Crippen LogP contribution in [-0.2, 0) is 39.6 Å². The maximum absolute atomic E-state index is 13.2. The van der Waals surface area contributed by atoms with Crippen LogP contribution in [0.25, 0.3) is 0 Å². The lowest BCUT2D eigenvalue weighted by molar-refractivity contribution is -0.148. The van der Waals surface area contributed by atoms with E-state index in [-0.39, 0.29) is 57.3 Å². The fourth-order valence-electron chi connectivity index (χ4n) is 4.17. The van der Waals surface area contributed by atoms with Gasteiger partial charge in [0, 0.05) is 32.7 Å². The smallest absolute Gasteiger partial charge is 0.324 e. The van der Waals surface area contributed by atoms with Gasteiger partial charge in [-0.3, -0.25) is 4.79 Å². The van der Waals surface area contributed by atoms with Gasteiger partial charge in [0.15, 0.2) is 9.84 Å². The van der Waals surface area contributed by atoms with Gasteiger partial charge in [-0.25, -0.2) is 16.8 Å². The summed E-state index contributed by atoms with van der Waals surface area (Å²) in [6, 6.07) is -0.867. The molecule has 11 nitrogen and oxygen atoms in total. The summed E-state index contributed by atoms with van der Waals surface area (Å²) in [4.78, 5) is 12.2. The molecule has 0 saturated carbocycles. The normalized spacial score (nSPS) is 29.6. The van der Waals surface area contributed by atoms with Gasteiger partial charge < -0.3 is 4.74 Å². The van der Waals surface area contributed by atoms with Crippen molar-refractivity contribution in [3.05, 3.63) is 0 Å². The fraction of sp³-hybridized carbons (Fsp3) is 0.938. The van der Waals surface area contributed by atoms with Crippen LogP contribution in [-0.4, -0.2) is 106 Å². The van der Waals surface area contributed by atoms with Crippen molar-refractivity contribution in [3.8, 4) is 0 Å². The monoisotopic (exact) mass is 487 g/mol. The van der Waals surface area contributed by atoms with E-state index >= 15 is 0 Å². The number of nitrogens with zero attached hydrogens (tertiary/aromatic N) is 3. The number of carbonyl (C=O) groups excluding carboxylic acids is 1. The number of piperazine rings is 1. The van der Waals surface area contributed by atoms with E-state index in [9.17, 15) is 30.0 Å². The number of hydrogen-bond acceptors (Lipinski definition) is 8. The van der Waals surface area contributed by atoms with Crippen LogP contribution in [0.4, 0.5) is 0 Å². The molecule has 3 heterocycles. The summed E-state index contributed by atoms with van der Waals surface area (Å²) >= 11 is 0. The minimum atomic E-state index is -3.96. The molecular weight excluding hydrogens is 458 g/mol. The molecule has 3 fully saturated rings. The highest BCUT2D eigenvalue weighted by atomic mass is 32.2. The van der Waals surface area contributed by atoms with Gasteiger partial charge in [-0.1, -0.05) is 0 Å². The second kappa shape index (κ2) is 8.98. The van der Waals surface area contributed by atoms with Crippen LogP contribution in [0.3, 0.4) is 0 Å². The van der Waals surface area contributed by atoms with Crippen LogP contribution >= 0.6 is 0 Å². The van der Waals surface area contributed by atoms with Crippen molar-refractivity contribution in [3.63, 3.8) is 0 Å². The topological polar surface area (TPSA) is 138 Å². The molecule has 0 aromatic carbocycles. The molecule has 14 heteroatoms. The zero-order valence-corrected chi connectivity index (χ0v) is 19.4. The van der Waals surface area contributed by atoms with Crippen molar-refractivity contribution < 1.29 is 34.8 Å². The quantitative estimate of drug-likeness (QED) is 0.425. The molecule has 0 N–H and O–H groups in total. The Labute approximate surface area is 178 Å². The average molecular weight is 488 g/mol. The molecule has 174 valence electrons. The van der Waals surface area contributed by atoms with Gasteiger partial charge in [0.25, 0.3) is 10.2 Å². The van der Waals surface area contributed by atoms with E-state index in [0.717, 1.165) is 6.42 Å². The number of rotatable bonds is 6. The molecule has 0 aromatic heterocycles. The van der Waals surface area contributed by atoms with Crippen LogP contribution < -0.4 is 0 Å². The first-order valence-corrected chi connectivity index (χ1v) is 14.8. The maximum Gasteiger partial charge on any atom is 0.324 e. The van der Waals surface area contributed by atoms with E-state index in [1.54, 1.807) is 6.92 Å². The minimum Gasteiger partial charge on any atom is -0.465 e. The Morgan fingerprint density at radius 2 is 1.60 bits per heavy atom. The number of carbonyl (C=O) groups is 1. The number of sulfone groups is 1. The van der Waals surface area contributed by atoms with Gasteiger partial charge in [0.2, 0.25) is 10.0 Å². The summed E-state index contributed by atoms with van der Waals surface area (Å²) in [5.74, 6) is -1.09. The zero-order chi connectivity index (χ0) is 22.2. The number of hydrogen-bond donors (Lipinski definition) is 0. The summed E-state index contributed by atoms with van der Waals surface area (Å²) in [5, 5.41) is -0.971. The second-order valence-electron chi connectivity index (χ2n) is 7.75. The summed E-state index contributed by atoms with van der Waals surface area (Å²) < 4.78 is 83.7. The predicted octanol–water partition coefficient (Wildman–Crippen LogP) is -1.22. The first-order valence-electron chi connectivity index (χ1n) is 10.1. The summed E-state index contributed by atoms with van der Waals surface area (Å²) in [6.07, 6.45) is 1.83. The Bertz CT molecular complexity index is 956. The molecule has 0 radical (unpaired) electrons. The molecule has 3 rings (SSSR count). The van der Waals surface area contributed by atoms with Crippen LogP contribution in [0.5, 0.6) is 0 Å². The Hall–Kier alpha value is -0.800. The lowest BCUT2D eigenvalue weighted by Gasteiger charge is -2.40. The third-order valence-electron chi connectivity index (χ3n) is 5.80. The van der Waals surface area contributed by atoms with E-state index in [4.69, 9.17) is 4.74 Å². The first kappa shape index (κ1) is 23.9. The molecule has 0 bridgehead atoms. The van der Waals surface area contributed by atoms with E-state index < -0.39 is 47.3 Å². The van der Waals surface area contributed by atoms with Crippen molar-refractivity contribution in [2.24, 2.45) is 0 Å². The third-order valence-corrected chi connectivity index (χ3v) is 12.2. The van der Waals surface area contributed by atoms with E-state index in [1.165, 1.54) is 12.9 Å². The number of ether oxygens (including phenoxy) is 1. The standard InChI is InChI=1S/C16H29N3O8S3/c1-2-27-16(20)15-5-3-4-7-19(15)30(25,26)18-10-8-17(9-11-18)29(23,24)14-6-12-28(21,22)13-14/h14-15H,2-13H2,1H3/t14-,15+/m0/s1. The van der Waals surface area contributed by atoms with Crippen molar-refractivity contribution in [1.82, 2.24) is 12.9 Å². The van der Waals surface area contributed by atoms with Gasteiger partial charge in [0.05, 0.1) is 23.4 Å². The predicted molar refractivity (Wildman–Crippen MR) is 109 cm³/mol. The van der Waals surface area contributed by atoms with Gasteiger partial charge in [-0.15, -0.1) is 0 Å². The molecular formula is C16H29N3O8S3. The van der Waals surface area contributed by atoms with Crippen molar-refractivity contribution >= 4 is 36.0 Å². The molecule has 0 aliphatic carbocycles. The fourth-order valence-corrected chi connectivity index (χ4v) is 10.5. The zero-order valence-electron chi connectivity index (χ0n) is 17.0. The Morgan fingerprint density at radius 3 is 2.17 bits per heavy atom. The third kappa shape index (κ3) is 4.83.